The Labute approximate surface area is 140 Å². The van der Waals surface area contributed by atoms with Crippen molar-refractivity contribution in [3.8, 4) is 0 Å². The molecule has 0 fully saturated rings. The van der Waals surface area contributed by atoms with Gasteiger partial charge in [0.15, 0.2) is 0 Å². The van der Waals surface area contributed by atoms with Crippen LogP contribution in [0.5, 0.6) is 0 Å². The predicted octanol–water partition coefficient (Wildman–Crippen LogP) is 7.42. The van der Waals surface area contributed by atoms with Crippen LogP contribution >= 0.6 is 0 Å². The molecular formula is C22H40. The highest BCUT2D eigenvalue weighted by Gasteiger charge is 2.17. The van der Waals surface area contributed by atoms with Crippen LogP contribution in [-0.4, -0.2) is 0 Å². The first kappa shape index (κ1) is 21.2. The molecule has 1 unspecified atom stereocenters. The van der Waals surface area contributed by atoms with E-state index in [9.17, 15) is 0 Å². The van der Waals surface area contributed by atoms with Crippen molar-refractivity contribution in [2.75, 3.05) is 0 Å². The smallest absolute Gasteiger partial charge is 0.0248 e. The molecular weight excluding hydrogens is 264 g/mol. The van der Waals surface area contributed by atoms with E-state index in [1.807, 2.05) is 0 Å². The molecule has 1 aromatic rings. The molecule has 0 radical (unpaired) electrons. The summed E-state index contributed by atoms with van der Waals surface area (Å²) in [6, 6.07) is 4.77. The standard InChI is InChI=1S/C19H32.C3H8/c1-7-9-18(10-8-2)17(6)13-19-12-15(4)14(3)11-16(19)5;1-3-2/h11-12,17-18H,7-10,13H2,1-6H3;3H2,1-2H3. The van der Waals surface area contributed by atoms with Crippen LogP contribution in [0.25, 0.3) is 0 Å². The SMILES string of the molecule is CCC.CCCC(CCC)C(C)Cc1cc(C)c(C)cc1C. The highest BCUT2D eigenvalue weighted by molar-refractivity contribution is 5.36. The van der Waals surface area contributed by atoms with Gasteiger partial charge in [-0.3, -0.25) is 0 Å². The molecule has 0 heterocycles. The van der Waals surface area contributed by atoms with E-state index < -0.39 is 0 Å². The van der Waals surface area contributed by atoms with Crippen molar-refractivity contribution >= 4 is 0 Å². The summed E-state index contributed by atoms with van der Waals surface area (Å²) < 4.78 is 0. The Hall–Kier alpha value is -0.780. The molecule has 0 nitrogen and oxygen atoms in total. The highest BCUT2D eigenvalue weighted by atomic mass is 14.2. The van der Waals surface area contributed by atoms with Crippen LogP contribution in [0.4, 0.5) is 0 Å². The highest BCUT2D eigenvalue weighted by Crippen LogP contribution is 2.28. The molecule has 0 spiro atoms. The van der Waals surface area contributed by atoms with Crippen molar-refractivity contribution in [2.24, 2.45) is 11.8 Å². The number of hydrogen-bond donors (Lipinski definition) is 0. The molecule has 0 amide bonds. The number of aryl methyl sites for hydroxylation is 3. The van der Waals surface area contributed by atoms with Gasteiger partial charge < -0.3 is 0 Å². The molecule has 0 saturated heterocycles. The van der Waals surface area contributed by atoms with Crippen molar-refractivity contribution < 1.29 is 0 Å². The lowest BCUT2D eigenvalue weighted by Gasteiger charge is -2.24. The molecule has 0 aliphatic carbocycles. The molecule has 0 heteroatoms. The first-order valence-corrected chi connectivity index (χ1v) is 9.47. The average Bonchev–Trinajstić information content (AvgIpc) is 2.45. The van der Waals surface area contributed by atoms with Crippen LogP contribution in [0.2, 0.25) is 0 Å². The van der Waals surface area contributed by atoms with Crippen molar-refractivity contribution in [1.82, 2.24) is 0 Å². The quantitative estimate of drug-likeness (QED) is 0.491. The second kappa shape index (κ2) is 11.7. The summed E-state index contributed by atoms with van der Waals surface area (Å²) >= 11 is 0. The predicted molar refractivity (Wildman–Crippen MR) is 103 cm³/mol. The molecule has 0 saturated carbocycles. The lowest BCUT2D eigenvalue weighted by atomic mass is 9.81. The lowest BCUT2D eigenvalue weighted by molar-refractivity contribution is 0.308. The van der Waals surface area contributed by atoms with Crippen molar-refractivity contribution in [2.45, 2.75) is 93.9 Å². The average molecular weight is 305 g/mol. The van der Waals surface area contributed by atoms with Crippen LogP contribution in [-0.2, 0) is 6.42 Å². The van der Waals surface area contributed by atoms with Gasteiger partial charge in [-0.2, -0.15) is 0 Å². The normalized spacial score (nSPS) is 12.0. The molecule has 0 aromatic heterocycles. The molecule has 0 aliphatic rings. The summed E-state index contributed by atoms with van der Waals surface area (Å²) in [5.41, 5.74) is 5.90. The maximum absolute atomic E-state index is 2.45. The van der Waals surface area contributed by atoms with E-state index in [1.54, 1.807) is 5.56 Å². The van der Waals surface area contributed by atoms with Gasteiger partial charge in [0, 0.05) is 0 Å². The molecule has 22 heavy (non-hydrogen) atoms. The Balaban J connectivity index is 0.00000135. The fourth-order valence-electron chi connectivity index (χ4n) is 3.21. The van der Waals surface area contributed by atoms with Crippen LogP contribution in [0.1, 0.15) is 89.0 Å². The summed E-state index contributed by atoms with van der Waals surface area (Å²) in [4.78, 5) is 0. The number of benzene rings is 1. The maximum Gasteiger partial charge on any atom is -0.0248 e. The van der Waals surface area contributed by atoms with E-state index in [0.29, 0.717) is 0 Å². The Kier molecular flexibility index (Phi) is 11.3. The van der Waals surface area contributed by atoms with Gasteiger partial charge in [-0.1, -0.05) is 78.9 Å². The second-order valence-electron chi connectivity index (χ2n) is 7.09. The van der Waals surface area contributed by atoms with E-state index in [2.05, 4.69) is 67.5 Å². The van der Waals surface area contributed by atoms with Gasteiger partial charge in [0.2, 0.25) is 0 Å². The van der Waals surface area contributed by atoms with E-state index in [0.717, 1.165) is 11.8 Å². The third-order valence-corrected chi connectivity index (χ3v) is 4.62. The van der Waals surface area contributed by atoms with Gasteiger partial charge in [0.1, 0.15) is 0 Å². The minimum absolute atomic E-state index is 0.806. The molecule has 1 atom stereocenters. The molecule has 0 N–H and O–H groups in total. The number of hydrogen-bond acceptors (Lipinski definition) is 0. The Bertz CT molecular complexity index is 397. The molecule has 1 rings (SSSR count). The Morgan fingerprint density at radius 3 is 1.68 bits per heavy atom. The van der Waals surface area contributed by atoms with Gasteiger partial charge in [-0.25, -0.2) is 0 Å². The van der Waals surface area contributed by atoms with E-state index >= 15 is 0 Å². The summed E-state index contributed by atoms with van der Waals surface area (Å²) in [7, 11) is 0. The summed E-state index contributed by atoms with van der Waals surface area (Å²) in [6.07, 6.45) is 7.91. The lowest BCUT2D eigenvalue weighted by Crippen LogP contribution is -2.15. The molecule has 1 aromatic carbocycles. The third-order valence-electron chi connectivity index (χ3n) is 4.62. The minimum Gasteiger partial charge on any atom is -0.0656 e. The topological polar surface area (TPSA) is 0 Å². The van der Waals surface area contributed by atoms with Crippen molar-refractivity contribution in [3.63, 3.8) is 0 Å². The molecule has 128 valence electrons. The van der Waals surface area contributed by atoms with Crippen LogP contribution < -0.4 is 0 Å². The fraction of sp³-hybridized carbons (Fsp3) is 0.727. The van der Waals surface area contributed by atoms with Gasteiger partial charge in [0.05, 0.1) is 0 Å². The van der Waals surface area contributed by atoms with Crippen LogP contribution in [0.15, 0.2) is 12.1 Å². The van der Waals surface area contributed by atoms with Crippen molar-refractivity contribution in [3.05, 3.63) is 34.4 Å². The van der Waals surface area contributed by atoms with Gasteiger partial charge in [-0.15, -0.1) is 0 Å². The monoisotopic (exact) mass is 304 g/mol. The van der Waals surface area contributed by atoms with E-state index in [4.69, 9.17) is 0 Å². The van der Waals surface area contributed by atoms with E-state index in [1.165, 1.54) is 55.2 Å². The Morgan fingerprint density at radius 1 is 0.773 bits per heavy atom. The van der Waals surface area contributed by atoms with Gasteiger partial charge in [0.25, 0.3) is 0 Å². The van der Waals surface area contributed by atoms with Crippen molar-refractivity contribution in [1.29, 1.82) is 0 Å². The zero-order valence-corrected chi connectivity index (χ0v) is 16.6. The first-order valence-electron chi connectivity index (χ1n) is 9.47. The Morgan fingerprint density at radius 2 is 1.23 bits per heavy atom. The number of rotatable bonds is 7. The summed E-state index contributed by atoms with van der Waals surface area (Å²) in [6.45, 7) is 18.0. The van der Waals surface area contributed by atoms with Crippen LogP contribution in [0.3, 0.4) is 0 Å². The largest absolute Gasteiger partial charge is 0.0656 e. The van der Waals surface area contributed by atoms with E-state index in [-0.39, 0.29) is 0 Å². The molecule has 0 bridgehead atoms. The zero-order chi connectivity index (χ0) is 17.1. The summed E-state index contributed by atoms with van der Waals surface area (Å²) in [5, 5.41) is 0. The first-order chi connectivity index (χ1) is 10.4. The zero-order valence-electron chi connectivity index (χ0n) is 16.6. The molecule has 0 aliphatic heterocycles. The second-order valence-corrected chi connectivity index (χ2v) is 7.09. The summed E-state index contributed by atoms with van der Waals surface area (Å²) in [5.74, 6) is 1.71. The maximum atomic E-state index is 2.45. The van der Waals surface area contributed by atoms with Crippen LogP contribution in [0, 0.1) is 32.6 Å². The van der Waals surface area contributed by atoms with Gasteiger partial charge in [-0.05, 0) is 61.3 Å². The third kappa shape index (κ3) is 7.47. The minimum atomic E-state index is 0.806. The fourth-order valence-corrected chi connectivity index (χ4v) is 3.21. The van der Waals surface area contributed by atoms with Gasteiger partial charge >= 0.3 is 0 Å².